The fourth-order valence-corrected chi connectivity index (χ4v) is 3.64. The maximum Gasteiger partial charge on any atom is 0.528 e. The van der Waals surface area contributed by atoms with Gasteiger partial charge in [-0.15, -0.1) is 9.74 Å². The van der Waals surface area contributed by atoms with Crippen LogP contribution in [0.4, 0.5) is 4.79 Å². The molecule has 1 spiro atoms. The number of rotatable bonds is 0. The van der Waals surface area contributed by atoms with Gasteiger partial charge in [-0.25, -0.2) is 0 Å². The Hall–Kier alpha value is -2.78. The first kappa shape index (κ1) is 13.9. The average Bonchev–Trinajstić information content (AvgIpc) is 3.07. The molecule has 1 aromatic carbocycles. The molecule has 1 saturated heterocycles. The monoisotopic (exact) mass is 310 g/mol. The molecule has 1 aromatic heterocycles. The van der Waals surface area contributed by atoms with Gasteiger partial charge in [-0.1, -0.05) is 12.1 Å². The number of amides is 1. The van der Waals surface area contributed by atoms with E-state index in [1.54, 1.807) is 0 Å². The van der Waals surface area contributed by atoms with Crippen molar-refractivity contribution < 1.29 is 19.1 Å². The number of quaternary nitrogens is 1. The van der Waals surface area contributed by atoms with Crippen LogP contribution in [0.5, 0.6) is 5.75 Å². The van der Waals surface area contributed by atoms with E-state index in [4.69, 9.17) is 4.74 Å². The van der Waals surface area contributed by atoms with Crippen molar-refractivity contribution in [2.45, 2.75) is 18.4 Å². The van der Waals surface area contributed by atoms with Gasteiger partial charge >= 0.3 is 12.3 Å². The van der Waals surface area contributed by atoms with E-state index in [2.05, 4.69) is 4.57 Å². The number of para-hydroxylation sites is 2. The topological polar surface area (TPSA) is 75.2 Å². The highest BCUT2D eigenvalue weighted by atomic mass is 16.5. The Balaban J connectivity index is 1.76. The van der Waals surface area contributed by atoms with Crippen LogP contribution in [0.3, 0.4) is 0 Å². The van der Waals surface area contributed by atoms with Crippen molar-refractivity contribution in [3.05, 3.63) is 48.3 Å². The van der Waals surface area contributed by atoms with Gasteiger partial charge in [0.05, 0.1) is 11.4 Å². The number of ether oxygens (including phenoxy) is 1. The molecule has 0 radical (unpaired) electrons. The Labute approximate surface area is 133 Å². The van der Waals surface area contributed by atoms with Crippen LogP contribution in [-0.2, 0) is 5.60 Å². The SMILES string of the molecule is N#C[N+]1(C(=O)O)CCC2(CC1)Oc1ccccc1-n1cccc12. The fourth-order valence-electron chi connectivity index (χ4n) is 3.64. The van der Waals surface area contributed by atoms with Crippen molar-refractivity contribution in [3.8, 4) is 17.6 Å². The Kier molecular flexibility index (Phi) is 2.77. The first-order valence-electron chi connectivity index (χ1n) is 7.58. The van der Waals surface area contributed by atoms with Crippen LogP contribution < -0.4 is 4.74 Å². The van der Waals surface area contributed by atoms with Gasteiger partial charge in [-0.2, -0.15) is 4.79 Å². The summed E-state index contributed by atoms with van der Waals surface area (Å²) in [6.07, 6.45) is 3.84. The molecule has 0 aliphatic carbocycles. The van der Waals surface area contributed by atoms with E-state index >= 15 is 0 Å². The van der Waals surface area contributed by atoms with Crippen LogP contribution in [0.2, 0.25) is 0 Å². The van der Waals surface area contributed by atoms with Gasteiger partial charge in [0.2, 0.25) is 0 Å². The smallest absolute Gasteiger partial charge is 0.478 e. The lowest BCUT2D eigenvalue weighted by Gasteiger charge is -2.44. The highest BCUT2D eigenvalue weighted by Gasteiger charge is 2.52. The molecule has 1 fully saturated rings. The summed E-state index contributed by atoms with van der Waals surface area (Å²) in [7, 11) is 0. The predicted molar refractivity (Wildman–Crippen MR) is 80.9 cm³/mol. The summed E-state index contributed by atoms with van der Waals surface area (Å²) >= 11 is 0. The number of hydrogen-bond acceptors (Lipinski definition) is 3. The standard InChI is InChI=1S/C17H15N3O3/c18-12-20(16(21)22)10-7-17(8-11-20)15-6-3-9-19(15)13-4-1-2-5-14(13)23-17/h1-6,9H,7-8,10-11H2/p+1. The summed E-state index contributed by atoms with van der Waals surface area (Å²) in [6.45, 7) is 0.471. The number of nitrogens with zero attached hydrogens (tertiary/aromatic N) is 3. The van der Waals surface area contributed by atoms with Crippen LogP contribution >= 0.6 is 0 Å². The molecule has 2 aliphatic heterocycles. The van der Waals surface area contributed by atoms with Gasteiger partial charge in [-0.3, -0.25) is 0 Å². The maximum absolute atomic E-state index is 11.5. The maximum atomic E-state index is 11.5. The summed E-state index contributed by atoms with van der Waals surface area (Å²) in [6, 6.07) is 11.8. The molecule has 3 heterocycles. The zero-order valence-electron chi connectivity index (χ0n) is 12.5. The Morgan fingerprint density at radius 1 is 1.26 bits per heavy atom. The lowest BCUT2D eigenvalue weighted by Crippen LogP contribution is -2.58. The van der Waals surface area contributed by atoms with Gasteiger partial charge in [0.15, 0.2) is 5.60 Å². The second-order valence-electron chi connectivity index (χ2n) is 6.13. The molecule has 23 heavy (non-hydrogen) atoms. The summed E-state index contributed by atoms with van der Waals surface area (Å²) < 4.78 is 7.87. The molecule has 116 valence electrons. The molecule has 4 rings (SSSR count). The van der Waals surface area contributed by atoms with Crippen molar-refractivity contribution >= 4 is 6.09 Å². The minimum absolute atomic E-state index is 0.235. The molecule has 2 aromatic rings. The van der Waals surface area contributed by atoms with E-state index in [1.165, 1.54) is 0 Å². The predicted octanol–water partition coefficient (Wildman–Crippen LogP) is 2.83. The third-order valence-corrected chi connectivity index (χ3v) is 5.00. The lowest BCUT2D eigenvalue weighted by molar-refractivity contribution is -0.801. The van der Waals surface area contributed by atoms with Crippen LogP contribution in [0.25, 0.3) is 5.69 Å². The van der Waals surface area contributed by atoms with E-state index in [1.807, 2.05) is 48.8 Å². The van der Waals surface area contributed by atoms with E-state index in [0.717, 1.165) is 17.1 Å². The van der Waals surface area contributed by atoms with Crippen molar-refractivity contribution in [2.24, 2.45) is 0 Å². The molecule has 6 heteroatoms. The number of aromatic nitrogens is 1. The molecule has 1 N–H and O–H groups in total. The number of fused-ring (bicyclic) bond motifs is 4. The molecular weight excluding hydrogens is 294 g/mol. The number of likely N-dealkylation sites (tertiary alicyclic amines) is 1. The molecule has 6 nitrogen and oxygen atoms in total. The van der Waals surface area contributed by atoms with Gasteiger partial charge in [0.1, 0.15) is 18.8 Å². The van der Waals surface area contributed by atoms with Gasteiger partial charge in [0, 0.05) is 19.0 Å². The van der Waals surface area contributed by atoms with E-state index in [-0.39, 0.29) is 13.1 Å². The number of hydrogen-bond donors (Lipinski definition) is 1. The zero-order valence-corrected chi connectivity index (χ0v) is 12.5. The van der Waals surface area contributed by atoms with Gasteiger partial charge < -0.3 is 14.4 Å². The molecule has 0 saturated carbocycles. The fraction of sp³-hybridized carbons (Fsp3) is 0.294. The Morgan fingerprint density at radius 3 is 2.70 bits per heavy atom. The van der Waals surface area contributed by atoms with Crippen molar-refractivity contribution in [2.75, 3.05) is 13.1 Å². The second-order valence-corrected chi connectivity index (χ2v) is 6.13. The first-order chi connectivity index (χ1) is 11.1. The number of benzene rings is 1. The van der Waals surface area contributed by atoms with E-state index in [0.29, 0.717) is 12.8 Å². The quantitative estimate of drug-likeness (QED) is 0.600. The molecular formula is C17H16N3O3+. The third-order valence-electron chi connectivity index (χ3n) is 5.00. The summed E-state index contributed by atoms with van der Waals surface area (Å²) in [5.41, 5.74) is 1.45. The van der Waals surface area contributed by atoms with Crippen molar-refractivity contribution in [1.82, 2.24) is 4.57 Å². The van der Waals surface area contributed by atoms with Gasteiger partial charge in [-0.05, 0) is 24.3 Å². The zero-order chi connectivity index (χ0) is 16.1. The van der Waals surface area contributed by atoms with Crippen LogP contribution in [-0.4, -0.2) is 33.3 Å². The number of carbonyl (C=O) groups is 1. The highest BCUT2D eigenvalue weighted by Crippen LogP contribution is 2.45. The second kappa shape index (κ2) is 4.61. The van der Waals surface area contributed by atoms with Gasteiger partial charge in [0.25, 0.3) is 0 Å². The van der Waals surface area contributed by atoms with Crippen molar-refractivity contribution in [1.29, 1.82) is 5.26 Å². The summed E-state index contributed by atoms with van der Waals surface area (Å²) in [5.74, 6) is 0.795. The molecule has 0 unspecified atom stereocenters. The van der Waals surface area contributed by atoms with Crippen LogP contribution in [0.15, 0.2) is 42.6 Å². The third kappa shape index (κ3) is 1.80. The van der Waals surface area contributed by atoms with Crippen LogP contribution in [0, 0.1) is 11.5 Å². The lowest BCUT2D eigenvalue weighted by atomic mass is 9.85. The van der Waals surface area contributed by atoms with E-state index < -0.39 is 16.2 Å². The molecule has 2 aliphatic rings. The Morgan fingerprint density at radius 2 is 2.00 bits per heavy atom. The minimum atomic E-state index is -1.09. The molecule has 1 amide bonds. The average molecular weight is 310 g/mol. The number of nitriles is 1. The number of piperidine rings is 1. The molecule has 0 bridgehead atoms. The Bertz CT molecular complexity index is 826. The van der Waals surface area contributed by atoms with Crippen LogP contribution in [0.1, 0.15) is 18.5 Å². The summed E-state index contributed by atoms with van der Waals surface area (Å²) in [5, 5.41) is 18.7. The van der Waals surface area contributed by atoms with Crippen molar-refractivity contribution in [3.63, 3.8) is 0 Å². The highest BCUT2D eigenvalue weighted by molar-refractivity contribution is 5.58. The minimum Gasteiger partial charge on any atom is -0.478 e. The largest absolute Gasteiger partial charge is 0.528 e. The molecule has 0 atom stereocenters. The summed E-state index contributed by atoms with van der Waals surface area (Å²) in [4.78, 5) is 11.5. The first-order valence-corrected chi connectivity index (χ1v) is 7.58. The number of carboxylic acid groups (broad SMARTS) is 1. The normalized spacial score (nSPS) is 28.3. The van der Waals surface area contributed by atoms with E-state index in [9.17, 15) is 15.2 Å².